The number of hydrogen-bond acceptors (Lipinski definition) is 4. The van der Waals surface area contributed by atoms with Crippen molar-refractivity contribution in [3.05, 3.63) is 35.3 Å². The van der Waals surface area contributed by atoms with E-state index >= 15 is 0 Å². The number of aromatic carboxylic acids is 1. The zero-order valence-electron chi connectivity index (χ0n) is 11.4. The molecule has 0 radical (unpaired) electrons. The van der Waals surface area contributed by atoms with Crippen LogP contribution in [-0.2, 0) is 19.4 Å². The summed E-state index contributed by atoms with van der Waals surface area (Å²) in [4.78, 5) is 15.7. The molecule has 1 aliphatic carbocycles. The molecular formula is C15H14N4O2. The molecule has 0 fully saturated rings. The molecule has 106 valence electrons. The molecule has 0 spiro atoms. The van der Waals surface area contributed by atoms with Crippen LogP contribution < -0.4 is 0 Å². The zero-order valence-corrected chi connectivity index (χ0v) is 11.4. The lowest BCUT2D eigenvalue weighted by Gasteiger charge is -2.14. The van der Waals surface area contributed by atoms with Gasteiger partial charge < -0.3 is 5.11 Å². The Morgan fingerprint density at radius 3 is 3.10 bits per heavy atom. The fraction of sp³-hybridized carbons (Fsp3) is 0.333. The molecule has 1 N–H and O–H groups in total. The van der Waals surface area contributed by atoms with Crippen molar-refractivity contribution in [2.45, 2.75) is 32.2 Å². The Bertz CT molecular complexity index is 743. The fourth-order valence-corrected chi connectivity index (χ4v) is 2.78. The molecule has 0 saturated carbocycles. The van der Waals surface area contributed by atoms with Crippen LogP contribution in [0.15, 0.2) is 18.5 Å². The molecule has 2 aromatic heterocycles. The normalized spacial score (nSPS) is 12.3. The third kappa shape index (κ3) is 2.27. The van der Waals surface area contributed by atoms with Crippen LogP contribution in [0.4, 0.5) is 0 Å². The average Bonchev–Trinajstić information content (AvgIpc) is 2.86. The minimum Gasteiger partial charge on any atom is -0.477 e. The first-order valence-corrected chi connectivity index (χ1v) is 6.85. The number of carbonyl (C=O) groups is 1. The molecule has 2 heterocycles. The number of rotatable bonds is 4. The van der Waals surface area contributed by atoms with Gasteiger partial charge in [0.05, 0.1) is 11.8 Å². The summed E-state index contributed by atoms with van der Waals surface area (Å²) in [6.45, 7) is 0.447. The van der Waals surface area contributed by atoms with Gasteiger partial charge in [-0.3, -0.25) is 9.67 Å². The van der Waals surface area contributed by atoms with Gasteiger partial charge in [0.2, 0.25) is 0 Å². The van der Waals surface area contributed by atoms with Crippen LogP contribution in [0.1, 0.15) is 34.5 Å². The van der Waals surface area contributed by atoms with E-state index < -0.39 is 5.97 Å². The van der Waals surface area contributed by atoms with Gasteiger partial charge in [0.15, 0.2) is 0 Å². The van der Waals surface area contributed by atoms with Gasteiger partial charge in [-0.15, -0.1) is 0 Å². The van der Waals surface area contributed by atoms with Crippen LogP contribution in [0.25, 0.3) is 11.3 Å². The molecule has 0 atom stereocenters. The van der Waals surface area contributed by atoms with E-state index in [1.54, 1.807) is 6.20 Å². The Morgan fingerprint density at radius 2 is 2.33 bits per heavy atom. The Labute approximate surface area is 121 Å². The van der Waals surface area contributed by atoms with E-state index in [2.05, 4.69) is 16.2 Å². The van der Waals surface area contributed by atoms with Crippen LogP contribution in [0.2, 0.25) is 0 Å². The maximum atomic E-state index is 11.6. The summed E-state index contributed by atoms with van der Waals surface area (Å²) in [5.41, 5.74) is 3.85. The van der Waals surface area contributed by atoms with Crippen molar-refractivity contribution in [1.29, 1.82) is 5.26 Å². The molecule has 21 heavy (non-hydrogen) atoms. The number of hydrogen-bond donors (Lipinski definition) is 1. The molecule has 0 amide bonds. The van der Waals surface area contributed by atoms with Gasteiger partial charge >= 0.3 is 5.97 Å². The molecule has 3 rings (SSSR count). The van der Waals surface area contributed by atoms with Gasteiger partial charge in [-0.05, 0) is 30.9 Å². The van der Waals surface area contributed by atoms with Crippen LogP contribution in [-0.4, -0.2) is 25.8 Å². The summed E-state index contributed by atoms with van der Waals surface area (Å²) in [7, 11) is 0. The Hall–Kier alpha value is -2.68. The van der Waals surface area contributed by atoms with E-state index in [1.165, 1.54) is 4.68 Å². The number of aromatic nitrogens is 3. The Balaban J connectivity index is 2.07. The van der Waals surface area contributed by atoms with Crippen molar-refractivity contribution in [3.8, 4) is 17.3 Å². The lowest BCUT2D eigenvalue weighted by atomic mass is 9.90. The number of nitrogens with zero attached hydrogens (tertiary/aromatic N) is 4. The second-order valence-electron chi connectivity index (χ2n) is 5.00. The van der Waals surface area contributed by atoms with Gasteiger partial charge in [-0.1, -0.05) is 0 Å². The second-order valence-corrected chi connectivity index (χ2v) is 5.00. The summed E-state index contributed by atoms with van der Waals surface area (Å²) in [5.74, 6) is -0.960. The highest BCUT2D eigenvalue weighted by Crippen LogP contribution is 2.34. The number of pyridine rings is 1. The quantitative estimate of drug-likeness (QED) is 0.866. The highest BCUT2D eigenvalue weighted by Gasteiger charge is 2.27. The predicted octanol–water partition coefficient (Wildman–Crippen LogP) is 2.05. The molecule has 1 aliphatic rings. The SMILES string of the molecule is N#CCCCn1nc2c(c1C(=O)O)CCc1cnccc1-2. The van der Waals surface area contributed by atoms with Crippen molar-refractivity contribution in [1.82, 2.24) is 14.8 Å². The lowest BCUT2D eigenvalue weighted by molar-refractivity contribution is 0.0681. The number of fused-ring (bicyclic) bond motifs is 3. The smallest absolute Gasteiger partial charge is 0.354 e. The van der Waals surface area contributed by atoms with Gasteiger partial charge in [-0.25, -0.2) is 4.79 Å². The molecule has 2 aromatic rings. The standard InChI is InChI=1S/C15H14N4O2/c16-6-1-2-8-19-14(15(20)21)12-4-3-10-9-17-7-5-11(10)13(12)18-19/h5,7,9H,1-4,8H2,(H,20,21). The van der Waals surface area contributed by atoms with Gasteiger partial charge in [-0.2, -0.15) is 10.4 Å². The van der Waals surface area contributed by atoms with Crippen molar-refractivity contribution in [2.24, 2.45) is 0 Å². The minimum atomic E-state index is -0.960. The van der Waals surface area contributed by atoms with Crippen LogP contribution in [0.5, 0.6) is 0 Å². The van der Waals surface area contributed by atoms with Gasteiger partial charge in [0.1, 0.15) is 5.69 Å². The number of carboxylic acid groups (broad SMARTS) is 1. The number of nitriles is 1. The summed E-state index contributed by atoms with van der Waals surface area (Å²) < 4.78 is 1.53. The number of carboxylic acids is 1. The maximum Gasteiger partial charge on any atom is 0.354 e. The number of unbranched alkanes of at least 4 members (excludes halogenated alkanes) is 1. The Morgan fingerprint density at radius 1 is 1.48 bits per heavy atom. The molecule has 6 nitrogen and oxygen atoms in total. The third-order valence-electron chi connectivity index (χ3n) is 3.71. The van der Waals surface area contributed by atoms with Crippen molar-refractivity contribution < 1.29 is 9.90 Å². The van der Waals surface area contributed by atoms with Crippen LogP contribution in [0, 0.1) is 11.3 Å². The highest BCUT2D eigenvalue weighted by atomic mass is 16.4. The molecule has 0 unspecified atom stereocenters. The van der Waals surface area contributed by atoms with Crippen LogP contribution >= 0.6 is 0 Å². The van der Waals surface area contributed by atoms with Gasteiger partial charge in [0.25, 0.3) is 0 Å². The van der Waals surface area contributed by atoms with E-state index in [0.717, 1.165) is 28.8 Å². The van der Waals surface area contributed by atoms with E-state index in [0.29, 0.717) is 25.8 Å². The molecule has 0 aromatic carbocycles. The molecule has 6 heteroatoms. The molecule has 0 aliphatic heterocycles. The first kappa shape index (κ1) is 13.3. The number of aryl methyl sites for hydroxylation is 2. The van der Waals surface area contributed by atoms with Crippen molar-refractivity contribution in [2.75, 3.05) is 0 Å². The monoisotopic (exact) mass is 282 g/mol. The molecular weight excluding hydrogens is 268 g/mol. The predicted molar refractivity (Wildman–Crippen MR) is 74.7 cm³/mol. The van der Waals surface area contributed by atoms with E-state index in [1.807, 2.05) is 12.3 Å². The maximum absolute atomic E-state index is 11.6. The minimum absolute atomic E-state index is 0.255. The average molecular weight is 282 g/mol. The first-order valence-electron chi connectivity index (χ1n) is 6.85. The summed E-state index contributed by atoms with van der Waals surface area (Å²) in [6, 6.07) is 3.95. The summed E-state index contributed by atoms with van der Waals surface area (Å²) in [6.07, 6.45) is 5.94. The zero-order chi connectivity index (χ0) is 14.8. The van der Waals surface area contributed by atoms with Crippen LogP contribution in [0.3, 0.4) is 0 Å². The second kappa shape index (κ2) is 5.37. The van der Waals surface area contributed by atoms with E-state index in [4.69, 9.17) is 5.26 Å². The highest BCUT2D eigenvalue weighted by molar-refractivity contribution is 5.90. The lowest BCUT2D eigenvalue weighted by Crippen LogP contribution is -2.12. The molecule has 0 bridgehead atoms. The topological polar surface area (TPSA) is 91.8 Å². The largest absolute Gasteiger partial charge is 0.477 e. The fourth-order valence-electron chi connectivity index (χ4n) is 2.78. The summed E-state index contributed by atoms with van der Waals surface area (Å²) in [5, 5.41) is 22.6. The first-order chi connectivity index (χ1) is 10.2. The van der Waals surface area contributed by atoms with E-state index in [-0.39, 0.29) is 5.69 Å². The third-order valence-corrected chi connectivity index (χ3v) is 3.71. The van der Waals surface area contributed by atoms with Crippen molar-refractivity contribution in [3.63, 3.8) is 0 Å². The summed E-state index contributed by atoms with van der Waals surface area (Å²) >= 11 is 0. The molecule has 0 saturated heterocycles. The van der Waals surface area contributed by atoms with Gasteiger partial charge in [0, 0.05) is 36.5 Å². The Kier molecular flexibility index (Phi) is 3.40. The van der Waals surface area contributed by atoms with Crippen molar-refractivity contribution >= 4 is 5.97 Å². The van der Waals surface area contributed by atoms with E-state index in [9.17, 15) is 9.90 Å².